The van der Waals surface area contributed by atoms with E-state index in [2.05, 4.69) is 9.97 Å². The van der Waals surface area contributed by atoms with Crippen LogP contribution in [0.1, 0.15) is 24.2 Å². The third kappa shape index (κ3) is 3.05. The standard InChI is InChI=1S/C14H17N3O/c1-11(18)13-5-8-16-14(9-13)17(2)10-12-3-6-15-7-4-12/h3-9,11,18H,10H2,1-2H3. The lowest BCUT2D eigenvalue weighted by Gasteiger charge is -2.19. The van der Waals surface area contributed by atoms with Crippen molar-refractivity contribution in [3.8, 4) is 0 Å². The van der Waals surface area contributed by atoms with Crippen molar-refractivity contribution in [1.29, 1.82) is 0 Å². The maximum absolute atomic E-state index is 9.57. The van der Waals surface area contributed by atoms with Crippen LogP contribution >= 0.6 is 0 Å². The Morgan fingerprint density at radius 2 is 1.94 bits per heavy atom. The Morgan fingerprint density at radius 1 is 1.22 bits per heavy atom. The molecule has 0 aliphatic heterocycles. The third-order valence-electron chi connectivity index (χ3n) is 2.81. The van der Waals surface area contributed by atoms with E-state index in [4.69, 9.17) is 0 Å². The van der Waals surface area contributed by atoms with E-state index in [1.54, 1.807) is 25.5 Å². The van der Waals surface area contributed by atoms with Crippen LogP contribution < -0.4 is 4.90 Å². The average molecular weight is 243 g/mol. The molecule has 2 rings (SSSR count). The highest BCUT2D eigenvalue weighted by Crippen LogP contribution is 2.18. The Morgan fingerprint density at radius 3 is 2.61 bits per heavy atom. The molecule has 1 N–H and O–H groups in total. The molecule has 1 atom stereocenters. The van der Waals surface area contributed by atoms with Crippen LogP contribution in [-0.4, -0.2) is 22.1 Å². The van der Waals surface area contributed by atoms with Gasteiger partial charge in [0, 0.05) is 32.2 Å². The number of pyridine rings is 2. The van der Waals surface area contributed by atoms with Crippen LogP contribution in [0.2, 0.25) is 0 Å². The van der Waals surface area contributed by atoms with Crippen LogP contribution in [-0.2, 0) is 6.54 Å². The first kappa shape index (κ1) is 12.5. The van der Waals surface area contributed by atoms with E-state index >= 15 is 0 Å². The summed E-state index contributed by atoms with van der Waals surface area (Å²) in [5.74, 6) is 0.852. The summed E-state index contributed by atoms with van der Waals surface area (Å²) in [6.07, 6.45) is 4.81. The second-order valence-electron chi connectivity index (χ2n) is 4.33. The molecule has 4 heteroatoms. The summed E-state index contributed by atoms with van der Waals surface area (Å²) in [5, 5.41) is 9.57. The molecule has 4 nitrogen and oxygen atoms in total. The number of anilines is 1. The van der Waals surface area contributed by atoms with Crippen molar-refractivity contribution in [2.24, 2.45) is 0 Å². The van der Waals surface area contributed by atoms with Crippen molar-refractivity contribution in [3.63, 3.8) is 0 Å². The summed E-state index contributed by atoms with van der Waals surface area (Å²) in [7, 11) is 1.98. The van der Waals surface area contributed by atoms with Gasteiger partial charge in [-0.25, -0.2) is 4.98 Å². The number of aliphatic hydroxyl groups excluding tert-OH is 1. The summed E-state index contributed by atoms with van der Waals surface area (Å²) >= 11 is 0. The quantitative estimate of drug-likeness (QED) is 0.894. The minimum Gasteiger partial charge on any atom is -0.389 e. The summed E-state index contributed by atoms with van der Waals surface area (Å²) in [6, 6.07) is 7.70. The summed E-state index contributed by atoms with van der Waals surface area (Å²) < 4.78 is 0. The van der Waals surface area contributed by atoms with Gasteiger partial charge in [-0.2, -0.15) is 0 Å². The Bertz CT molecular complexity index is 499. The Hall–Kier alpha value is -1.94. The zero-order valence-electron chi connectivity index (χ0n) is 10.6. The Kier molecular flexibility index (Phi) is 3.89. The van der Waals surface area contributed by atoms with Gasteiger partial charge < -0.3 is 10.0 Å². The molecular formula is C14H17N3O. The lowest BCUT2D eigenvalue weighted by Crippen LogP contribution is -2.17. The van der Waals surface area contributed by atoms with Crippen LogP contribution in [0.15, 0.2) is 42.9 Å². The van der Waals surface area contributed by atoms with Crippen LogP contribution in [0, 0.1) is 0 Å². The smallest absolute Gasteiger partial charge is 0.128 e. The molecule has 0 radical (unpaired) electrons. The van der Waals surface area contributed by atoms with E-state index < -0.39 is 6.10 Å². The number of nitrogens with zero attached hydrogens (tertiary/aromatic N) is 3. The van der Waals surface area contributed by atoms with Gasteiger partial charge in [0.25, 0.3) is 0 Å². The van der Waals surface area contributed by atoms with E-state index in [9.17, 15) is 5.11 Å². The molecule has 0 saturated heterocycles. The van der Waals surface area contributed by atoms with Crippen molar-refractivity contribution >= 4 is 5.82 Å². The number of hydrogen-bond donors (Lipinski definition) is 1. The molecule has 0 fully saturated rings. The van der Waals surface area contributed by atoms with Gasteiger partial charge in [-0.3, -0.25) is 4.98 Å². The van der Waals surface area contributed by atoms with Crippen molar-refractivity contribution < 1.29 is 5.11 Å². The van der Waals surface area contributed by atoms with Gasteiger partial charge >= 0.3 is 0 Å². The minimum atomic E-state index is -0.471. The molecule has 0 spiro atoms. The molecule has 0 bridgehead atoms. The molecule has 2 heterocycles. The molecule has 0 amide bonds. The summed E-state index contributed by atoms with van der Waals surface area (Å²) in [4.78, 5) is 10.4. The maximum Gasteiger partial charge on any atom is 0.128 e. The van der Waals surface area contributed by atoms with E-state index in [-0.39, 0.29) is 0 Å². The first-order chi connectivity index (χ1) is 8.66. The van der Waals surface area contributed by atoms with Crippen LogP contribution in [0.4, 0.5) is 5.82 Å². The van der Waals surface area contributed by atoms with Gasteiger partial charge in [0.1, 0.15) is 5.82 Å². The molecule has 0 aliphatic carbocycles. The molecule has 94 valence electrons. The Labute approximate surface area is 107 Å². The Balaban J connectivity index is 2.14. The topological polar surface area (TPSA) is 49.3 Å². The predicted octanol–water partition coefficient (Wildman–Crippen LogP) is 2.17. The molecule has 2 aromatic heterocycles. The first-order valence-corrected chi connectivity index (χ1v) is 5.91. The molecule has 1 unspecified atom stereocenters. The third-order valence-corrected chi connectivity index (χ3v) is 2.81. The summed E-state index contributed by atoms with van der Waals surface area (Å²) in [6.45, 7) is 2.51. The van der Waals surface area contributed by atoms with Crippen molar-refractivity contribution in [2.75, 3.05) is 11.9 Å². The lowest BCUT2D eigenvalue weighted by molar-refractivity contribution is 0.199. The van der Waals surface area contributed by atoms with E-state index in [1.807, 2.05) is 36.2 Å². The number of rotatable bonds is 4. The maximum atomic E-state index is 9.57. The highest BCUT2D eigenvalue weighted by molar-refractivity contribution is 5.41. The SMILES string of the molecule is CC(O)c1ccnc(N(C)Cc2ccncc2)c1. The van der Waals surface area contributed by atoms with Crippen molar-refractivity contribution in [2.45, 2.75) is 19.6 Å². The van der Waals surface area contributed by atoms with Crippen LogP contribution in [0.25, 0.3) is 0 Å². The molecule has 0 aliphatic rings. The fraction of sp³-hybridized carbons (Fsp3) is 0.286. The molecule has 18 heavy (non-hydrogen) atoms. The molecule has 0 aromatic carbocycles. The second-order valence-corrected chi connectivity index (χ2v) is 4.33. The first-order valence-electron chi connectivity index (χ1n) is 5.91. The molecular weight excluding hydrogens is 226 g/mol. The zero-order chi connectivity index (χ0) is 13.0. The molecule has 2 aromatic rings. The average Bonchev–Trinajstić information content (AvgIpc) is 2.40. The highest BCUT2D eigenvalue weighted by Gasteiger charge is 2.06. The van der Waals surface area contributed by atoms with Crippen LogP contribution in [0.3, 0.4) is 0 Å². The molecule has 0 saturated carbocycles. The highest BCUT2D eigenvalue weighted by atomic mass is 16.3. The largest absolute Gasteiger partial charge is 0.389 e. The zero-order valence-corrected chi connectivity index (χ0v) is 10.6. The second kappa shape index (κ2) is 5.60. The van der Waals surface area contributed by atoms with Gasteiger partial charge in [0.2, 0.25) is 0 Å². The van der Waals surface area contributed by atoms with Crippen LogP contribution in [0.5, 0.6) is 0 Å². The van der Waals surface area contributed by atoms with Gasteiger partial charge in [-0.15, -0.1) is 0 Å². The van der Waals surface area contributed by atoms with Gasteiger partial charge in [0.15, 0.2) is 0 Å². The van der Waals surface area contributed by atoms with E-state index in [1.165, 1.54) is 5.56 Å². The van der Waals surface area contributed by atoms with Gasteiger partial charge in [-0.1, -0.05) is 0 Å². The fourth-order valence-corrected chi connectivity index (χ4v) is 1.75. The van der Waals surface area contributed by atoms with E-state index in [0.717, 1.165) is 17.9 Å². The predicted molar refractivity (Wildman–Crippen MR) is 71.2 cm³/mol. The lowest BCUT2D eigenvalue weighted by atomic mass is 10.1. The monoisotopic (exact) mass is 243 g/mol. The normalized spacial score (nSPS) is 12.2. The van der Waals surface area contributed by atoms with Crippen molar-refractivity contribution in [1.82, 2.24) is 9.97 Å². The van der Waals surface area contributed by atoms with Gasteiger partial charge in [-0.05, 0) is 42.3 Å². The minimum absolute atomic E-state index is 0.471. The summed E-state index contributed by atoms with van der Waals surface area (Å²) in [5.41, 5.74) is 2.05. The number of aromatic nitrogens is 2. The van der Waals surface area contributed by atoms with Gasteiger partial charge in [0.05, 0.1) is 6.10 Å². The number of hydrogen-bond acceptors (Lipinski definition) is 4. The van der Waals surface area contributed by atoms with Crippen molar-refractivity contribution in [3.05, 3.63) is 54.0 Å². The van der Waals surface area contributed by atoms with E-state index in [0.29, 0.717) is 0 Å². The fourth-order valence-electron chi connectivity index (χ4n) is 1.75. The number of aliphatic hydroxyl groups is 1.